The highest BCUT2D eigenvalue weighted by atomic mass is 16.6. The second-order valence-corrected chi connectivity index (χ2v) is 6.74. The van der Waals surface area contributed by atoms with Gasteiger partial charge in [-0.15, -0.1) is 0 Å². The van der Waals surface area contributed by atoms with Gasteiger partial charge in [0.25, 0.3) is 0 Å². The Labute approximate surface area is 145 Å². The number of ether oxygens (including phenoxy) is 1. The summed E-state index contributed by atoms with van der Waals surface area (Å²) >= 11 is 0. The first-order valence-electron chi connectivity index (χ1n) is 8.96. The van der Waals surface area contributed by atoms with E-state index in [0.29, 0.717) is 19.1 Å². The summed E-state index contributed by atoms with van der Waals surface area (Å²) in [5, 5.41) is 12.9. The molecule has 134 valence electrons. The number of amides is 1. The Morgan fingerprint density at radius 3 is 2.75 bits per heavy atom. The molecule has 2 atom stereocenters. The molecule has 0 spiro atoms. The van der Waals surface area contributed by atoms with Gasteiger partial charge in [0, 0.05) is 25.2 Å². The molecule has 1 aromatic rings. The molecule has 1 amide bonds. The lowest BCUT2D eigenvalue weighted by Gasteiger charge is -2.40. The monoisotopic (exact) mass is 334 g/mol. The Morgan fingerprint density at radius 1 is 1.33 bits per heavy atom. The molecule has 0 aliphatic carbocycles. The fraction of sp³-hybridized carbons (Fsp3) is 0.632. The topological polar surface area (TPSA) is 61.8 Å². The number of hydrogen-bond donors (Lipinski definition) is 2. The molecule has 1 aliphatic rings. The third kappa shape index (κ3) is 5.49. The summed E-state index contributed by atoms with van der Waals surface area (Å²) in [5.41, 5.74) is 0.992. The van der Waals surface area contributed by atoms with Crippen molar-refractivity contribution < 1.29 is 14.6 Å². The number of carbonyl (C=O) groups excluding carboxylic acids is 1. The normalized spacial score (nSPS) is 19.3. The van der Waals surface area contributed by atoms with Crippen molar-refractivity contribution >= 4 is 6.09 Å². The molecule has 1 saturated heterocycles. The molecule has 24 heavy (non-hydrogen) atoms. The van der Waals surface area contributed by atoms with Crippen LogP contribution < -0.4 is 5.32 Å². The van der Waals surface area contributed by atoms with Crippen LogP contribution in [0.5, 0.6) is 0 Å². The fourth-order valence-electron chi connectivity index (χ4n) is 3.36. The van der Waals surface area contributed by atoms with E-state index in [9.17, 15) is 9.90 Å². The lowest BCUT2D eigenvalue weighted by atomic mass is 9.93. The SMILES string of the molecule is CC(C)NC(CCO)C1CCCCN1C(=O)OCc1ccccc1. The Hall–Kier alpha value is -1.59. The fourth-order valence-corrected chi connectivity index (χ4v) is 3.36. The van der Waals surface area contributed by atoms with Gasteiger partial charge in [0.1, 0.15) is 6.61 Å². The van der Waals surface area contributed by atoms with E-state index in [1.165, 1.54) is 0 Å². The quantitative estimate of drug-likeness (QED) is 0.805. The lowest BCUT2D eigenvalue weighted by Crippen LogP contribution is -2.56. The smallest absolute Gasteiger partial charge is 0.410 e. The van der Waals surface area contributed by atoms with E-state index >= 15 is 0 Å². The number of carbonyl (C=O) groups is 1. The molecule has 1 aliphatic heterocycles. The van der Waals surface area contributed by atoms with Crippen molar-refractivity contribution in [3.63, 3.8) is 0 Å². The van der Waals surface area contributed by atoms with E-state index in [2.05, 4.69) is 19.2 Å². The molecular weight excluding hydrogens is 304 g/mol. The van der Waals surface area contributed by atoms with Crippen LogP contribution in [0.4, 0.5) is 4.79 Å². The second-order valence-electron chi connectivity index (χ2n) is 6.74. The standard InChI is InChI=1S/C19H30N2O3/c1-15(2)20-17(11-13-22)18-10-6-7-12-21(18)19(23)24-14-16-8-4-3-5-9-16/h3-5,8-9,15,17-18,20,22H,6-7,10-14H2,1-2H3. The summed E-state index contributed by atoms with van der Waals surface area (Å²) in [6, 6.07) is 10.2. The van der Waals surface area contributed by atoms with Crippen LogP contribution in [0, 0.1) is 0 Å². The minimum Gasteiger partial charge on any atom is -0.445 e. The van der Waals surface area contributed by atoms with E-state index in [1.807, 2.05) is 35.2 Å². The molecular formula is C19H30N2O3. The van der Waals surface area contributed by atoms with Gasteiger partial charge in [0.2, 0.25) is 0 Å². The maximum atomic E-state index is 12.6. The highest BCUT2D eigenvalue weighted by Gasteiger charge is 2.33. The lowest BCUT2D eigenvalue weighted by molar-refractivity contribution is 0.0527. The molecule has 1 heterocycles. The number of likely N-dealkylation sites (tertiary alicyclic amines) is 1. The molecule has 1 fully saturated rings. The van der Waals surface area contributed by atoms with E-state index in [4.69, 9.17) is 4.74 Å². The Balaban J connectivity index is 1.99. The molecule has 1 aromatic carbocycles. The molecule has 5 nitrogen and oxygen atoms in total. The highest BCUT2D eigenvalue weighted by molar-refractivity contribution is 5.68. The van der Waals surface area contributed by atoms with Crippen LogP contribution in [0.25, 0.3) is 0 Å². The summed E-state index contributed by atoms with van der Waals surface area (Å²) in [7, 11) is 0. The zero-order valence-electron chi connectivity index (χ0n) is 14.8. The summed E-state index contributed by atoms with van der Waals surface area (Å²) in [5.74, 6) is 0. The maximum absolute atomic E-state index is 12.6. The van der Waals surface area contributed by atoms with Gasteiger partial charge >= 0.3 is 6.09 Å². The molecule has 0 radical (unpaired) electrons. The van der Waals surface area contributed by atoms with Crippen molar-refractivity contribution in [2.45, 2.75) is 64.3 Å². The summed E-state index contributed by atoms with van der Waals surface area (Å²) < 4.78 is 5.53. The van der Waals surface area contributed by atoms with Gasteiger partial charge in [-0.25, -0.2) is 4.79 Å². The van der Waals surface area contributed by atoms with Gasteiger partial charge in [-0.2, -0.15) is 0 Å². The van der Waals surface area contributed by atoms with Crippen molar-refractivity contribution in [2.24, 2.45) is 0 Å². The van der Waals surface area contributed by atoms with Crippen LogP contribution in [0.15, 0.2) is 30.3 Å². The third-order valence-corrected chi connectivity index (χ3v) is 4.44. The van der Waals surface area contributed by atoms with Gasteiger partial charge in [-0.1, -0.05) is 44.2 Å². The van der Waals surface area contributed by atoms with Gasteiger partial charge < -0.3 is 20.1 Å². The van der Waals surface area contributed by atoms with Crippen LogP contribution in [0.3, 0.4) is 0 Å². The number of piperidine rings is 1. The number of rotatable bonds is 7. The molecule has 2 unspecified atom stereocenters. The first kappa shape index (κ1) is 18.7. The predicted octanol–water partition coefficient (Wildman–Crippen LogP) is 2.93. The van der Waals surface area contributed by atoms with Crippen molar-refractivity contribution in [1.82, 2.24) is 10.2 Å². The minimum atomic E-state index is -0.253. The first-order chi connectivity index (χ1) is 11.6. The predicted molar refractivity (Wildman–Crippen MR) is 94.7 cm³/mol. The number of nitrogens with one attached hydrogen (secondary N) is 1. The molecule has 2 rings (SSSR count). The number of nitrogens with zero attached hydrogens (tertiary/aromatic N) is 1. The summed E-state index contributed by atoms with van der Waals surface area (Å²) in [6.45, 7) is 5.31. The van der Waals surface area contributed by atoms with Crippen LogP contribution in [0.1, 0.15) is 45.1 Å². The second kappa shape index (κ2) is 9.64. The average Bonchev–Trinajstić information content (AvgIpc) is 2.60. The molecule has 0 bridgehead atoms. The minimum absolute atomic E-state index is 0.0802. The van der Waals surface area contributed by atoms with E-state index in [0.717, 1.165) is 31.4 Å². The van der Waals surface area contributed by atoms with Crippen molar-refractivity contribution in [3.05, 3.63) is 35.9 Å². The highest BCUT2D eigenvalue weighted by Crippen LogP contribution is 2.23. The van der Waals surface area contributed by atoms with Gasteiger partial charge in [0.05, 0.1) is 6.04 Å². The van der Waals surface area contributed by atoms with E-state index in [1.54, 1.807) is 0 Å². The molecule has 0 aromatic heterocycles. The largest absolute Gasteiger partial charge is 0.445 e. The maximum Gasteiger partial charge on any atom is 0.410 e. The average molecular weight is 334 g/mol. The zero-order chi connectivity index (χ0) is 17.4. The number of hydrogen-bond acceptors (Lipinski definition) is 4. The van der Waals surface area contributed by atoms with E-state index < -0.39 is 0 Å². The van der Waals surface area contributed by atoms with Gasteiger partial charge in [-0.3, -0.25) is 0 Å². The van der Waals surface area contributed by atoms with Crippen LogP contribution >= 0.6 is 0 Å². The molecule has 5 heteroatoms. The third-order valence-electron chi connectivity index (χ3n) is 4.44. The van der Waals surface area contributed by atoms with Crippen LogP contribution in [0.2, 0.25) is 0 Å². The van der Waals surface area contributed by atoms with Crippen LogP contribution in [-0.4, -0.2) is 47.4 Å². The van der Waals surface area contributed by atoms with Gasteiger partial charge in [0.15, 0.2) is 0 Å². The number of benzene rings is 1. The number of aliphatic hydroxyl groups is 1. The Kier molecular flexibility index (Phi) is 7.53. The zero-order valence-corrected chi connectivity index (χ0v) is 14.8. The van der Waals surface area contributed by atoms with Crippen molar-refractivity contribution in [3.8, 4) is 0 Å². The van der Waals surface area contributed by atoms with E-state index in [-0.39, 0.29) is 24.8 Å². The first-order valence-corrected chi connectivity index (χ1v) is 8.96. The van der Waals surface area contributed by atoms with Crippen molar-refractivity contribution in [2.75, 3.05) is 13.2 Å². The van der Waals surface area contributed by atoms with Crippen molar-refractivity contribution in [1.29, 1.82) is 0 Å². The Morgan fingerprint density at radius 2 is 2.08 bits per heavy atom. The van der Waals surface area contributed by atoms with Gasteiger partial charge in [-0.05, 0) is 31.2 Å². The number of aliphatic hydroxyl groups excluding tert-OH is 1. The summed E-state index contributed by atoms with van der Waals surface area (Å²) in [4.78, 5) is 14.4. The summed E-state index contributed by atoms with van der Waals surface area (Å²) in [6.07, 6.45) is 3.45. The molecule has 0 saturated carbocycles. The van der Waals surface area contributed by atoms with Crippen LogP contribution in [-0.2, 0) is 11.3 Å². The molecule has 2 N–H and O–H groups in total. The Bertz CT molecular complexity index is 493.